The zero-order valence-electron chi connectivity index (χ0n) is 14.8. The number of rotatable bonds is 6. The number of ketones is 1. The third-order valence-electron chi connectivity index (χ3n) is 3.91. The molecule has 1 aromatic carbocycles. The first kappa shape index (κ1) is 18.3. The van der Waals surface area contributed by atoms with Gasteiger partial charge in [-0.2, -0.15) is 9.61 Å². The van der Waals surface area contributed by atoms with Gasteiger partial charge in [-0.25, -0.2) is 0 Å². The van der Waals surface area contributed by atoms with Gasteiger partial charge in [0.05, 0.1) is 10.6 Å². The second-order valence-corrected chi connectivity index (χ2v) is 7.86. The summed E-state index contributed by atoms with van der Waals surface area (Å²) in [5.41, 5.74) is 1.92. The van der Waals surface area contributed by atoms with Gasteiger partial charge in [-0.3, -0.25) is 9.59 Å². The van der Waals surface area contributed by atoms with Gasteiger partial charge < -0.3 is 5.32 Å². The minimum absolute atomic E-state index is 0.00851. The molecule has 0 saturated heterocycles. The van der Waals surface area contributed by atoms with E-state index in [1.54, 1.807) is 40.1 Å². The summed E-state index contributed by atoms with van der Waals surface area (Å²) in [6, 6.07) is 14.4. The van der Waals surface area contributed by atoms with Crippen molar-refractivity contribution in [3.05, 3.63) is 59.5 Å². The number of nitrogens with one attached hydrogen (secondary N) is 1. The van der Waals surface area contributed by atoms with Crippen LogP contribution < -0.4 is 5.32 Å². The number of Topliss-reactive ketones (excluding diaryl/α,β-unsaturated/α-hetero) is 1. The van der Waals surface area contributed by atoms with Crippen LogP contribution in [0.4, 0.5) is 5.69 Å². The van der Waals surface area contributed by atoms with Gasteiger partial charge in [-0.1, -0.05) is 17.8 Å². The van der Waals surface area contributed by atoms with E-state index >= 15 is 0 Å². The van der Waals surface area contributed by atoms with Crippen LogP contribution >= 0.6 is 23.1 Å². The number of fused-ring (bicyclic) bond motifs is 1. The molecule has 0 aliphatic heterocycles. The van der Waals surface area contributed by atoms with E-state index in [0.29, 0.717) is 27.7 Å². The van der Waals surface area contributed by atoms with Gasteiger partial charge in [0.1, 0.15) is 5.03 Å². The van der Waals surface area contributed by atoms with Crippen LogP contribution in [0.25, 0.3) is 16.3 Å². The molecule has 0 fully saturated rings. The summed E-state index contributed by atoms with van der Waals surface area (Å²) in [6.07, 6.45) is 0. The van der Waals surface area contributed by atoms with Crippen molar-refractivity contribution >= 4 is 46.1 Å². The van der Waals surface area contributed by atoms with Gasteiger partial charge in [0.15, 0.2) is 17.3 Å². The molecule has 1 amide bonds. The molecule has 0 saturated carbocycles. The number of carbonyl (C=O) groups is 2. The Bertz CT molecular complexity index is 1140. The molecule has 0 bridgehead atoms. The van der Waals surface area contributed by atoms with Crippen molar-refractivity contribution < 1.29 is 9.59 Å². The third-order valence-corrected chi connectivity index (χ3v) is 5.69. The molecule has 140 valence electrons. The van der Waals surface area contributed by atoms with Gasteiger partial charge in [0.2, 0.25) is 5.91 Å². The lowest BCUT2D eigenvalue weighted by atomic mass is 10.1. The van der Waals surface area contributed by atoms with E-state index in [9.17, 15) is 9.59 Å². The van der Waals surface area contributed by atoms with Crippen molar-refractivity contribution in [2.45, 2.75) is 11.9 Å². The van der Waals surface area contributed by atoms with E-state index in [-0.39, 0.29) is 17.4 Å². The first-order valence-corrected chi connectivity index (χ1v) is 10.3. The number of nitrogens with zero attached hydrogens (tertiary/aromatic N) is 4. The van der Waals surface area contributed by atoms with E-state index in [1.165, 1.54) is 18.7 Å². The number of thioether (sulfide) groups is 1. The van der Waals surface area contributed by atoms with Crippen molar-refractivity contribution in [3.63, 3.8) is 0 Å². The highest BCUT2D eigenvalue weighted by atomic mass is 32.2. The highest BCUT2D eigenvalue weighted by molar-refractivity contribution is 7.99. The van der Waals surface area contributed by atoms with Crippen molar-refractivity contribution in [1.82, 2.24) is 19.8 Å². The molecule has 0 unspecified atom stereocenters. The van der Waals surface area contributed by atoms with Crippen LogP contribution in [0.3, 0.4) is 0 Å². The average molecular weight is 409 g/mol. The van der Waals surface area contributed by atoms with Crippen LogP contribution in [0.2, 0.25) is 0 Å². The molecule has 4 rings (SSSR count). The topological polar surface area (TPSA) is 89.2 Å². The molecule has 4 aromatic rings. The van der Waals surface area contributed by atoms with Gasteiger partial charge in [0.25, 0.3) is 0 Å². The van der Waals surface area contributed by atoms with Crippen LogP contribution in [0.1, 0.15) is 17.3 Å². The van der Waals surface area contributed by atoms with Crippen LogP contribution in [-0.4, -0.2) is 37.3 Å². The van der Waals surface area contributed by atoms with Crippen LogP contribution in [0.15, 0.2) is 58.9 Å². The summed E-state index contributed by atoms with van der Waals surface area (Å²) >= 11 is 2.90. The lowest BCUT2D eigenvalue weighted by Gasteiger charge is -2.06. The molecule has 1 N–H and O–H groups in total. The van der Waals surface area contributed by atoms with E-state index in [4.69, 9.17) is 0 Å². The molecule has 7 nitrogen and oxygen atoms in total. The van der Waals surface area contributed by atoms with E-state index in [2.05, 4.69) is 20.6 Å². The van der Waals surface area contributed by atoms with Gasteiger partial charge in [-0.05, 0) is 54.8 Å². The monoisotopic (exact) mass is 409 g/mol. The summed E-state index contributed by atoms with van der Waals surface area (Å²) in [5.74, 6) is 0.738. The molecular formula is C19H15N5O2S2. The standard InChI is InChI=1S/C19H15N5O2S2/c1-12(25)13-4-6-14(7-5-13)20-17(26)11-28-18-9-8-16-21-22-19(24(16)23-18)15-3-2-10-27-15/h2-10H,11H2,1H3,(H,20,26). The maximum absolute atomic E-state index is 12.2. The fourth-order valence-electron chi connectivity index (χ4n) is 2.53. The van der Waals surface area contributed by atoms with E-state index < -0.39 is 0 Å². The van der Waals surface area contributed by atoms with E-state index in [0.717, 1.165) is 4.88 Å². The lowest BCUT2D eigenvalue weighted by Crippen LogP contribution is -2.14. The minimum Gasteiger partial charge on any atom is -0.325 e. The van der Waals surface area contributed by atoms with Crippen LogP contribution in [0.5, 0.6) is 0 Å². The summed E-state index contributed by atoms with van der Waals surface area (Å²) in [7, 11) is 0. The number of thiophene rings is 1. The number of benzene rings is 1. The smallest absolute Gasteiger partial charge is 0.234 e. The molecular weight excluding hydrogens is 394 g/mol. The summed E-state index contributed by atoms with van der Waals surface area (Å²) in [5, 5.41) is 18.4. The molecule has 0 atom stereocenters. The Morgan fingerprint density at radius 3 is 2.64 bits per heavy atom. The molecule has 0 aliphatic rings. The quantitative estimate of drug-likeness (QED) is 0.385. The van der Waals surface area contributed by atoms with Crippen LogP contribution in [-0.2, 0) is 4.79 Å². The van der Waals surface area contributed by atoms with Gasteiger partial charge in [-0.15, -0.1) is 21.5 Å². The first-order chi connectivity index (χ1) is 13.6. The largest absolute Gasteiger partial charge is 0.325 e. The number of aromatic nitrogens is 4. The number of hydrogen-bond acceptors (Lipinski definition) is 7. The fraction of sp³-hybridized carbons (Fsp3) is 0.105. The number of anilines is 1. The highest BCUT2D eigenvalue weighted by Crippen LogP contribution is 2.24. The molecule has 0 spiro atoms. The third kappa shape index (κ3) is 3.95. The Labute approximate surface area is 168 Å². The Morgan fingerprint density at radius 2 is 1.93 bits per heavy atom. The Morgan fingerprint density at radius 1 is 1.11 bits per heavy atom. The zero-order chi connectivity index (χ0) is 19.5. The summed E-state index contributed by atoms with van der Waals surface area (Å²) < 4.78 is 1.69. The van der Waals surface area contributed by atoms with Crippen molar-refractivity contribution in [1.29, 1.82) is 0 Å². The molecule has 0 aliphatic carbocycles. The fourth-order valence-corrected chi connectivity index (χ4v) is 3.88. The Hall–Kier alpha value is -3.04. The Kier molecular flexibility index (Phi) is 5.18. The molecule has 28 heavy (non-hydrogen) atoms. The second-order valence-electron chi connectivity index (χ2n) is 5.91. The maximum Gasteiger partial charge on any atom is 0.234 e. The number of hydrogen-bond donors (Lipinski definition) is 1. The second kappa shape index (κ2) is 7.91. The van der Waals surface area contributed by atoms with Crippen LogP contribution in [0, 0.1) is 0 Å². The predicted molar refractivity (Wildman–Crippen MR) is 110 cm³/mol. The molecule has 0 radical (unpaired) electrons. The predicted octanol–water partition coefficient (Wildman–Crippen LogP) is 3.79. The van der Waals surface area contributed by atoms with Crippen molar-refractivity contribution in [3.8, 4) is 10.7 Å². The summed E-state index contributed by atoms with van der Waals surface area (Å²) in [4.78, 5) is 24.5. The molecule has 3 aromatic heterocycles. The number of carbonyl (C=O) groups excluding carboxylic acids is 2. The van der Waals surface area contributed by atoms with Gasteiger partial charge >= 0.3 is 0 Å². The van der Waals surface area contributed by atoms with Crippen molar-refractivity contribution in [2.75, 3.05) is 11.1 Å². The summed E-state index contributed by atoms with van der Waals surface area (Å²) in [6.45, 7) is 1.51. The van der Waals surface area contributed by atoms with Crippen molar-refractivity contribution in [2.24, 2.45) is 0 Å². The molecule has 3 heterocycles. The molecule has 9 heteroatoms. The maximum atomic E-state index is 12.2. The lowest BCUT2D eigenvalue weighted by molar-refractivity contribution is -0.113. The Balaban J connectivity index is 1.43. The highest BCUT2D eigenvalue weighted by Gasteiger charge is 2.12. The zero-order valence-corrected chi connectivity index (χ0v) is 16.5. The first-order valence-electron chi connectivity index (χ1n) is 8.40. The van der Waals surface area contributed by atoms with E-state index in [1.807, 2.05) is 29.6 Å². The SMILES string of the molecule is CC(=O)c1ccc(NC(=O)CSc2ccc3nnc(-c4cccs4)n3n2)cc1. The normalized spacial score (nSPS) is 10.9. The average Bonchev–Trinajstić information content (AvgIpc) is 3.36. The number of amides is 1. The minimum atomic E-state index is -0.148. The van der Waals surface area contributed by atoms with Gasteiger partial charge in [0, 0.05) is 11.3 Å².